The van der Waals surface area contributed by atoms with Crippen molar-refractivity contribution in [3.8, 4) is 11.5 Å². The smallest absolute Gasteiger partial charge is 0.250 e. The van der Waals surface area contributed by atoms with Gasteiger partial charge in [0.2, 0.25) is 5.91 Å². The summed E-state index contributed by atoms with van der Waals surface area (Å²) in [5, 5.41) is 4.69. The zero-order valence-electron chi connectivity index (χ0n) is 15.3. The number of thioether (sulfide) groups is 1. The monoisotopic (exact) mass is 482 g/mol. The number of amides is 1. The number of halogens is 2. The molecule has 0 saturated heterocycles. The maximum atomic E-state index is 11.9. The van der Waals surface area contributed by atoms with Gasteiger partial charge in [-0.15, -0.1) is 11.8 Å². The molecule has 0 aliphatic heterocycles. The predicted molar refractivity (Wildman–Crippen MR) is 120 cm³/mol. The van der Waals surface area contributed by atoms with Crippen LogP contribution in [0, 0.1) is 0 Å². The number of methoxy groups -OCH3 is 1. The summed E-state index contributed by atoms with van der Waals surface area (Å²) in [5.41, 5.74) is 4.34. The summed E-state index contributed by atoms with van der Waals surface area (Å²) < 4.78 is 11.6. The van der Waals surface area contributed by atoms with Gasteiger partial charge in [0.25, 0.3) is 0 Å². The van der Waals surface area contributed by atoms with Gasteiger partial charge in [0.05, 0.1) is 23.5 Å². The van der Waals surface area contributed by atoms with Crippen LogP contribution in [0.15, 0.2) is 58.6 Å². The molecule has 28 heavy (non-hydrogen) atoms. The molecule has 2 aromatic carbocycles. The molecule has 0 spiro atoms. The topological polar surface area (TPSA) is 59.9 Å². The lowest BCUT2D eigenvalue weighted by molar-refractivity contribution is -0.118. The third kappa shape index (κ3) is 7.22. The van der Waals surface area contributed by atoms with Crippen molar-refractivity contribution in [3.05, 3.63) is 69.7 Å². The highest BCUT2D eigenvalue weighted by molar-refractivity contribution is 9.10. The van der Waals surface area contributed by atoms with Crippen LogP contribution < -0.4 is 14.9 Å². The van der Waals surface area contributed by atoms with Gasteiger partial charge in [0.15, 0.2) is 11.5 Å². The second kappa shape index (κ2) is 11.8. The Balaban J connectivity index is 1.86. The molecule has 5 nitrogen and oxygen atoms in total. The fourth-order valence-corrected chi connectivity index (χ4v) is 3.75. The molecular formula is C20H20BrClN2O3S. The summed E-state index contributed by atoms with van der Waals surface area (Å²) in [6.45, 7) is 3.99. The minimum atomic E-state index is -0.180. The minimum Gasteiger partial charge on any atom is -0.493 e. The number of ether oxygens (including phenoxy) is 2. The minimum absolute atomic E-state index is 0.180. The molecule has 1 N–H and O–H groups in total. The first-order valence-corrected chi connectivity index (χ1v) is 10.6. The van der Waals surface area contributed by atoms with Crippen LogP contribution in [0.3, 0.4) is 0 Å². The number of hydrazone groups is 1. The largest absolute Gasteiger partial charge is 0.493 e. The zero-order chi connectivity index (χ0) is 20.4. The number of nitrogens with one attached hydrogen (secondary N) is 1. The number of hydrogen-bond acceptors (Lipinski definition) is 5. The van der Waals surface area contributed by atoms with Crippen LogP contribution in [0.1, 0.15) is 11.1 Å². The quantitative estimate of drug-likeness (QED) is 0.291. The van der Waals surface area contributed by atoms with Crippen molar-refractivity contribution in [1.29, 1.82) is 0 Å². The fraction of sp³-hybridized carbons (Fsp3) is 0.200. The van der Waals surface area contributed by atoms with Crippen LogP contribution in [-0.2, 0) is 10.5 Å². The van der Waals surface area contributed by atoms with E-state index >= 15 is 0 Å². The molecule has 0 unspecified atom stereocenters. The standard InChI is InChI=1S/C20H20BrClN2O3S/c1-3-7-27-20-17(21)9-15(10-18(20)26-2)11-23-24-19(25)13-28-12-14-5-4-6-16(22)8-14/h3-6,8-11H,1,7,12-13H2,2H3,(H,24,25)/b23-11-. The molecule has 2 aromatic rings. The molecular weight excluding hydrogens is 464 g/mol. The zero-order valence-corrected chi connectivity index (χ0v) is 18.4. The van der Waals surface area contributed by atoms with Gasteiger partial charge in [-0.25, -0.2) is 5.43 Å². The molecule has 0 saturated carbocycles. The van der Waals surface area contributed by atoms with Gasteiger partial charge in [0, 0.05) is 10.8 Å². The maximum absolute atomic E-state index is 11.9. The van der Waals surface area contributed by atoms with Crippen LogP contribution >= 0.6 is 39.3 Å². The lowest BCUT2D eigenvalue weighted by Crippen LogP contribution is -2.19. The lowest BCUT2D eigenvalue weighted by Gasteiger charge is -2.12. The number of carbonyl (C=O) groups excluding carboxylic acids is 1. The van der Waals surface area contributed by atoms with E-state index in [4.69, 9.17) is 21.1 Å². The summed E-state index contributed by atoms with van der Waals surface area (Å²) in [6, 6.07) is 11.2. The molecule has 0 radical (unpaired) electrons. The predicted octanol–water partition coefficient (Wildman–Crippen LogP) is 5.06. The molecule has 0 aliphatic carbocycles. The Morgan fingerprint density at radius 3 is 2.93 bits per heavy atom. The van der Waals surface area contributed by atoms with E-state index in [-0.39, 0.29) is 5.91 Å². The van der Waals surface area contributed by atoms with Gasteiger partial charge in [0.1, 0.15) is 6.61 Å². The Morgan fingerprint density at radius 1 is 1.39 bits per heavy atom. The Bertz CT molecular complexity index is 861. The summed E-state index contributed by atoms with van der Waals surface area (Å²) in [6.07, 6.45) is 3.20. The highest BCUT2D eigenvalue weighted by Gasteiger charge is 2.10. The van der Waals surface area contributed by atoms with E-state index in [1.54, 1.807) is 25.5 Å². The molecule has 148 valence electrons. The van der Waals surface area contributed by atoms with E-state index in [2.05, 4.69) is 33.0 Å². The molecule has 1 amide bonds. The van der Waals surface area contributed by atoms with Gasteiger partial charge < -0.3 is 9.47 Å². The molecule has 0 bridgehead atoms. The molecule has 0 heterocycles. The van der Waals surface area contributed by atoms with Crippen molar-refractivity contribution < 1.29 is 14.3 Å². The third-order valence-corrected chi connectivity index (χ3v) is 5.22. The molecule has 0 fully saturated rings. The van der Waals surface area contributed by atoms with Crippen LogP contribution in [0.25, 0.3) is 0 Å². The van der Waals surface area contributed by atoms with Crippen LogP contribution in [0.2, 0.25) is 5.02 Å². The second-order valence-electron chi connectivity index (χ2n) is 5.55. The SMILES string of the molecule is C=CCOc1c(Br)cc(/C=N\NC(=O)CSCc2cccc(Cl)c2)cc1OC. The number of rotatable bonds is 10. The van der Waals surface area contributed by atoms with Crippen LogP contribution in [0.5, 0.6) is 11.5 Å². The average molecular weight is 484 g/mol. The van der Waals surface area contributed by atoms with Crippen molar-refractivity contribution in [1.82, 2.24) is 5.43 Å². The van der Waals surface area contributed by atoms with Gasteiger partial charge >= 0.3 is 0 Å². The van der Waals surface area contributed by atoms with Gasteiger partial charge in [-0.2, -0.15) is 5.10 Å². The number of nitrogens with zero attached hydrogens (tertiary/aromatic N) is 1. The summed E-state index contributed by atoms with van der Waals surface area (Å²) in [4.78, 5) is 11.9. The number of benzene rings is 2. The van der Waals surface area contributed by atoms with Crippen molar-refractivity contribution in [2.75, 3.05) is 19.5 Å². The maximum Gasteiger partial charge on any atom is 0.250 e. The second-order valence-corrected chi connectivity index (χ2v) is 7.83. The Morgan fingerprint density at radius 2 is 2.21 bits per heavy atom. The highest BCUT2D eigenvalue weighted by atomic mass is 79.9. The van der Waals surface area contributed by atoms with E-state index < -0.39 is 0 Å². The number of carbonyl (C=O) groups is 1. The molecule has 0 atom stereocenters. The first-order valence-electron chi connectivity index (χ1n) is 8.28. The van der Waals surface area contributed by atoms with E-state index in [1.807, 2.05) is 30.3 Å². The van der Waals surface area contributed by atoms with Crippen LogP contribution in [0.4, 0.5) is 0 Å². The van der Waals surface area contributed by atoms with Crippen molar-refractivity contribution in [2.24, 2.45) is 5.10 Å². The molecule has 0 aromatic heterocycles. The molecule has 0 aliphatic rings. The van der Waals surface area contributed by atoms with Crippen molar-refractivity contribution in [2.45, 2.75) is 5.75 Å². The third-order valence-electron chi connectivity index (χ3n) is 3.39. The van der Waals surface area contributed by atoms with E-state index in [9.17, 15) is 4.79 Å². The van der Waals surface area contributed by atoms with Crippen molar-refractivity contribution in [3.63, 3.8) is 0 Å². The highest BCUT2D eigenvalue weighted by Crippen LogP contribution is 2.36. The normalized spacial score (nSPS) is 10.7. The lowest BCUT2D eigenvalue weighted by atomic mass is 10.2. The van der Waals surface area contributed by atoms with E-state index in [1.165, 1.54) is 11.8 Å². The Kier molecular flexibility index (Phi) is 9.40. The molecule has 8 heteroatoms. The van der Waals surface area contributed by atoms with Gasteiger partial charge in [-0.1, -0.05) is 36.4 Å². The molecule has 2 rings (SSSR count). The van der Waals surface area contributed by atoms with Crippen LogP contribution in [-0.4, -0.2) is 31.6 Å². The van der Waals surface area contributed by atoms with E-state index in [0.29, 0.717) is 34.6 Å². The van der Waals surface area contributed by atoms with Crippen molar-refractivity contribution >= 4 is 51.4 Å². The first-order chi connectivity index (χ1) is 13.5. The fourth-order valence-electron chi connectivity index (χ4n) is 2.20. The average Bonchev–Trinajstić information content (AvgIpc) is 2.67. The summed E-state index contributed by atoms with van der Waals surface area (Å²) >= 11 is 10.9. The first kappa shape index (κ1) is 22.3. The van der Waals surface area contributed by atoms with Gasteiger partial charge in [-0.3, -0.25) is 4.79 Å². The van der Waals surface area contributed by atoms with E-state index in [0.717, 1.165) is 15.6 Å². The number of hydrogen-bond donors (Lipinski definition) is 1. The summed E-state index contributed by atoms with van der Waals surface area (Å²) in [7, 11) is 1.56. The summed E-state index contributed by atoms with van der Waals surface area (Å²) in [5.74, 6) is 1.96. The van der Waals surface area contributed by atoms with Gasteiger partial charge in [-0.05, 0) is 51.3 Å². The Hall–Kier alpha value is -1.96. The Labute approximate surface area is 182 Å².